The largest absolute Gasteiger partial charge is 0.401 e. The van der Waals surface area contributed by atoms with Gasteiger partial charge in [0.2, 0.25) is 0 Å². The first-order valence-electron chi connectivity index (χ1n) is 5.45. The Morgan fingerprint density at radius 1 is 1.27 bits per heavy atom. The van der Waals surface area contributed by atoms with Gasteiger partial charge in [0.15, 0.2) is 0 Å². The molecule has 0 spiro atoms. The average Bonchev–Trinajstić information content (AvgIpc) is 2.98. The topological polar surface area (TPSA) is 29.3 Å². The molecule has 15 heavy (non-hydrogen) atoms. The number of alkyl halides is 3. The second-order valence-corrected chi connectivity index (χ2v) is 4.96. The molecule has 0 saturated heterocycles. The van der Waals surface area contributed by atoms with Crippen LogP contribution in [0.15, 0.2) is 0 Å². The number of nitrogens with two attached hydrogens (primary N) is 1. The van der Waals surface area contributed by atoms with Gasteiger partial charge in [-0.2, -0.15) is 13.2 Å². The predicted molar refractivity (Wildman–Crippen MR) is 51.4 cm³/mol. The summed E-state index contributed by atoms with van der Waals surface area (Å²) < 4.78 is 37.0. The van der Waals surface area contributed by atoms with E-state index in [-0.39, 0.29) is 11.5 Å². The lowest BCUT2D eigenvalue weighted by Crippen LogP contribution is -2.41. The molecule has 2 aliphatic carbocycles. The van der Waals surface area contributed by atoms with Crippen molar-refractivity contribution in [3.05, 3.63) is 0 Å². The monoisotopic (exact) mass is 222 g/mol. The van der Waals surface area contributed by atoms with Gasteiger partial charge in [-0.25, -0.2) is 0 Å². The molecular weight excluding hydrogens is 205 g/mol. The molecule has 2 rings (SSSR count). The average molecular weight is 222 g/mol. The molecule has 2 fully saturated rings. The van der Waals surface area contributed by atoms with Gasteiger partial charge >= 0.3 is 6.18 Å². The quantitative estimate of drug-likeness (QED) is 0.768. The highest BCUT2D eigenvalue weighted by Crippen LogP contribution is 2.47. The summed E-state index contributed by atoms with van der Waals surface area (Å²) in [5.41, 5.74) is 5.60. The van der Waals surface area contributed by atoms with Gasteiger partial charge in [0, 0.05) is 12.6 Å². The lowest BCUT2D eigenvalue weighted by Gasteiger charge is -2.27. The van der Waals surface area contributed by atoms with Crippen molar-refractivity contribution in [2.24, 2.45) is 11.1 Å². The van der Waals surface area contributed by atoms with Crippen LogP contribution in [0, 0.1) is 5.41 Å². The summed E-state index contributed by atoms with van der Waals surface area (Å²) >= 11 is 0. The van der Waals surface area contributed by atoms with Gasteiger partial charge in [0.05, 0.1) is 6.54 Å². The van der Waals surface area contributed by atoms with Gasteiger partial charge in [-0.15, -0.1) is 0 Å². The van der Waals surface area contributed by atoms with Crippen LogP contribution in [0.4, 0.5) is 13.2 Å². The third-order valence-electron chi connectivity index (χ3n) is 3.37. The molecule has 0 aliphatic heterocycles. The first kappa shape index (κ1) is 11.2. The molecule has 0 heterocycles. The highest BCUT2D eigenvalue weighted by Gasteiger charge is 2.47. The first-order chi connectivity index (χ1) is 6.94. The number of nitrogens with zero attached hydrogens (tertiary/aromatic N) is 1. The molecule has 2 saturated carbocycles. The van der Waals surface area contributed by atoms with Crippen LogP contribution in [0.5, 0.6) is 0 Å². The van der Waals surface area contributed by atoms with Crippen LogP contribution in [0.3, 0.4) is 0 Å². The summed E-state index contributed by atoms with van der Waals surface area (Å²) in [6, 6.07) is 0.163. The van der Waals surface area contributed by atoms with E-state index in [1.165, 1.54) is 0 Å². The minimum Gasteiger partial charge on any atom is -0.330 e. The van der Waals surface area contributed by atoms with Crippen molar-refractivity contribution in [2.45, 2.75) is 37.9 Å². The Labute approximate surface area is 87.6 Å². The van der Waals surface area contributed by atoms with Gasteiger partial charge in [0.25, 0.3) is 0 Å². The van der Waals surface area contributed by atoms with Crippen molar-refractivity contribution in [2.75, 3.05) is 19.6 Å². The number of rotatable bonds is 5. The SMILES string of the molecule is NCC1(CN(CC(F)(F)F)C2CC2)CC1. The van der Waals surface area contributed by atoms with Crippen molar-refractivity contribution in [3.8, 4) is 0 Å². The molecule has 0 aromatic carbocycles. The van der Waals surface area contributed by atoms with E-state index in [4.69, 9.17) is 5.73 Å². The van der Waals surface area contributed by atoms with Crippen molar-refractivity contribution in [3.63, 3.8) is 0 Å². The van der Waals surface area contributed by atoms with Crippen LogP contribution in [0.25, 0.3) is 0 Å². The normalized spacial score (nSPS) is 24.6. The summed E-state index contributed by atoms with van der Waals surface area (Å²) in [6.45, 7) is 0.293. The molecule has 0 unspecified atom stereocenters. The smallest absolute Gasteiger partial charge is 0.330 e. The van der Waals surface area contributed by atoms with E-state index in [0.717, 1.165) is 25.7 Å². The fraction of sp³-hybridized carbons (Fsp3) is 1.00. The van der Waals surface area contributed by atoms with Gasteiger partial charge in [-0.1, -0.05) is 0 Å². The van der Waals surface area contributed by atoms with Crippen LogP contribution in [-0.4, -0.2) is 36.8 Å². The zero-order valence-corrected chi connectivity index (χ0v) is 8.69. The lowest BCUT2D eigenvalue weighted by molar-refractivity contribution is -0.148. The molecule has 88 valence electrons. The zero-order valence-electron chi connectivity index (χ0n) is 8.69. The number of hydrogen-bond donors (Lipinski definition) is 1. The second-order valence-electron chi connectivity index (χ2n) is 4.96. The van der Waals surface area contributed by atoms with Crippen LogP contribution >= 0.6 is 0 Å². The molecule has 0 bridgehead atoms. The summed E-state index contributed by atoms with van der Waals surface area (Å²) in [6.07, 6.45) is -0.268. The highest BCUT2D eigenvalue weighted by molar-refractivity contribution is 4.99. The van der Waals surface area contributed by atoms with E-state index < -0.39 is 12.7 Å². The fourth-order valence-electron chi connectivity index (χ4n) is 2.02. The molecule has 0 amide bonds. The zero-order chi connectivity index (χ0) is 11.1. The second kappa shape index (κ2) is 3.63. The van der Waals surface area contributed by atoms with Gasteiger partial charge < -0.3 is 5.73 Å². The Morgan fingerprint density at radius 3 is 2.20 bits per heavy atom. The number of hydrogen-bond acceptors (Lipinski definition) is 2. The van der Waals surface area contributed by atoms with Crippen LogP contribution in [-0.2, 0) is 0 Å². The maximum atomic E-state index is 12.3. The van der Waals surface area contributed by atoms with Crippen LogP contribution < -0.4 is 5.73 Å². The third-order valence-corrected chi connectivity index (χ3v) is 3.37. The van der Waals surface area contributed by atoms with Crippen molar-refractivity contribution in [1.29, 1.82) is 0 Å². The number of halogens is 3. The van der Waals surface area contributed by atoms with E-state index in [2.05, 4.69) is 0 Å². The lowest BCUT2D eigenvalue weighted by atomic mass is 10.1. The minimum absolute atomic E-state index is 0.00778. The van der Waals surface area contributed by atoms with E-state index in [0.29, 0.717) is 13.1 Å². The Hall–Kier alpha value is -0.290. The Balaban J connectivity index is 1.89. The molecule has 0 aromatic rings. The molecular formula is C10H17F3N2. The van der Waals surface area contributed by atoms with Gasteiger partial charge in [-0.3, -0.25) is 4.90 Å². The maximum Gasteiger partial charge on any atom is 0.401 e. The molecule has 2 nitrogen and oxygen atoms in total. The summed E-state index contributed by atoms with van der Waals surface area (Å²) in [5.74, 6) is 0. The first-order valence-corrected chi connectivity index (χ1v) is 5.45. The molecule has 2 N–H and O–H groups in total. The molecule has 5 heteroatoms. The minimum atomic E-state index is -4.08. The Kier molecular flexibility index (Phi) is 2.71. The maximum absolute atomic E-state index is 12.3. The Bertz CT molecular complexity index is 231. The van der Waals surface area contributed by atoms with E-state index >= 15 is 0 Å². The summed E-state index contributed by atoms with van der Waals surface area (Å²) in [4.78, 5) is 1.58. The third kappa shape index (κ3) is 3.08. The highest BCUT2D eigenvalue weighted by atomic mass is 19.4. The van der Waals surface area contributed by atoms with E-state index in [1.54, 1.807) is 4.90 Å². The Morgan fingerprint density at radius 2 is 1.87 bits per heavy atom. The van der Waals surface area contributed by atoms with Gasteiger partial charge in [-0.05, 0) is 37.6 Å². The van der Waals surface area contributed by atoms with Crippen molar-refractivity contribution in [1.82, 2.24) is 4.90 Å². The van der Waals surface area contributed by atoms with E-state index in [9.17, 15) is 13.2 Å². The molecule has 2 aliphatic rings. The van der Waals surface area contributed by atoms with Crippen molar-refractivity contribution >= 4 is 0 Å². The van der Waals surface area contributed by atoms with Crippen LogP contribution in [0.2, 0.25) is 0 Å². The van der Waals surface area contributed by atoms with Crippen molar-refractivity contribution < 1.29 is 13.2 Å². The molecule has 0 radical (unpaired) electrons. The molecule has 0 atom stereocenters. The van der Waals surface area contributed by atoms with Gasteiger partial charge in [0.1, 0.15) is 0 Å². The predicted octanol–water partition coefficient (Wildman–Crippen LogP) is 1.75. The summed E-state index contributed by atoms with van der Waals surface area (Å²) in [7, 11) is 0. The van der Waals surface area contributed by atoms with Crippen LogP contribution in [0.1, 0.15) is 25.7 Å². The molecule has 0 aromatic heterocycles. The fourth-order valence-corrected chi connectivity index (χ4v) is 2.02. The summed E-state index contributed by atoms with van der Waals surface area (Å²) in [5, 5.41) is 0. The standard InChI is InChI=1S/C10H17F3N2/c11-10(12,13)7-15(8-1-2-8)6-9(5-14)3-4-9/h8H,1-7,14H2. The van der Waals surface area contributed by atoms with E-state index in [1.807, 2.05) is 0 Å².